The van der Waals surface area contributed by atoms with Gasteiger partial charge in [-0.3, -0.25) is 4.79 Å². The lowest BCUT2D eigenvalue weighted by Gasteiger charge is -2.36. The summed E-state index contributed by atoms with van der Waals surface area (Å²) in [7, 11) is -0.186. The zero-order valence-electron chi connectivity index (χ0n) is 31.4. The lowest BCUT2D eigenvalue weighted by atomic mass is 10.0. The highest BCUT2D eigenvalue weighted by Gasteiger charge is 2.42. The number of rotatable bonds is 5. The average Bonchev–Trinajstić information content (AvgIpc) is 3.84. The van der Waals surface area contributed by atoms with E-state index in [1.54, 1.807) is 25.1 Å². The SMILES string of the molecule is CO[C@H]1CN(C)C(=O)[C@@H]2C[C@@H](CN2c2nc(C3CN(S(C)(=O)=O)C3)nc3c2cnn3-c2ccc(F)cc2F)Nc2cccc(n2)-c2cc(F)cc3nc(C)n(c23)C1. The summed E-state index contributed by atoms with van der Waals surface area (Å²) >= 11 is 0. The molecule has 0 aliphatic carbocycles. The second-order valence-corrected chi connectivity index (χ2v) is 16.9. The van der Waals surface area contributed by atoms with E-state index >= 15 is 8.78 Å². The second kappa shape index (κ2) is 13.8. The third kappa shape index (κ3) is 6.52. The highest BCUT2D eigenvalue weighted by atomic mass is 32.2. The average molecular weight is 802 g/mol. The fourth-order valence-corrected chi connectivity index (χ4v) is 9.03. The molecule has 0 spiro atoms. The van der Waals surface area contributed by atoms with Crippen molar-refractivity contribution in [1.82, 2.24) is 43.5 Å². The third-order valence-corrected chi connectivity index (χ3v) is 12.3. The molecule has 57 heavy (non-hydrogen) atoms. The van der Waals surface area contributed by atoms with E-state index in [0.29, 0.717) is 63.9 Å². The Morgan fingerprint density at radius 3 is 2.49 bits per heavy atom. The summed E-state index contributed by atoms with van der Waals surface area (Å²) in [6.45, 7) is 2.88. The van der Waals surface area contributed by atoms with Gasteiger partial charge in [-0.25, -0.2) is 50.5 Å². The number of hydrogen-bond acceptors (Lipinski definition) is 11. The number of nitrogens with one attached hydrogen (secondary N) is 1. The monoisotopic (exact) mass is 801 g/mol. The molecule has 2 fully saturated rings. The zero-order valence-corrected chi connectivity index (χ0v) is 32.2. The van der Waals surface area contributed by atoms with Crippen LogP contribution in [-0.2, 0) is 26.1 Å². The van der Waals surface area contributed by atoms with E-state index in [2.05, 4.69) is 15.4 Å². The number of amides is 1. The van der Waals surface area contributed by atoms with Crippen LogP contribution in [-0.4, -0.2) is 123 Å². The smallest absolute Gasteiger partial charge is 0.245 e. The molecule has 3 aliphatic heterocycles. The highest BCUT2D eigenvalue weighted by Crippen LogP contribution is 2.37. The van der Waals surface area contributed by atoms with Gasteiger partial charge in [0, 0.05) is 70.0 Å². The summed E-state index contributed by atoms with van der Waals surface area (Å²) in [5.41, 5.74) is 2.43. The molecular weight excluding hydrogens is 764 g/mol. The Balaban J connectivity index is 1.17. The fraction of sp³-hybridized carbons (Fsp3) is 0.368. The number of carbonyl (C=O) groups is 1. The van der Waals surface area contributed by atoms with Crippen molar-refractivity contribution < 1.29 is 31.1 Å². The van der Waals surface area contributed by atoms with Crippen molar-refractivity contribution >= 4 is 49.6 Å². The standard InChI is InChI=1S/C38H38F3N11O4S/c1-20-43-30-12-23(40)10-26-29-6-5-7-33(45-29)44-24-13-32(38(53)48(2)18-25(56-3)19-50(20)34(26)30)51(17-24)36-27-14-42-52(31-9-8-22(39)11-28(31)41)37(27)47-35(46-36)21-15-49(16-21)57(4,54)55/h5-12,14,21,24-25,32H,13,15-19H2,1-4H3,(H,44,45)/t24-,25-,32-/m0/s1. The first-order valence-electron chi connectivity index (χ1n) is 18.4. The first-order valence-corrected chi connectivity index (χ1v) is 20.2. The van der Waals surface area contributed by atoms with E-state index < -0.39 is 45.5 Å². The van der Waals surface area contributed by atoms with Gasteiger partial charge in [0.1, 0.15) is 46.6 Å². The van der Waals surface area contributed by atoms with Crippen LogP contribution in [0.15, 0.2) is 54.7 Å². The maximum Gasteiger partial charge on any atom is 0.245 e. The third-order valence-electron chi connectivity index (χ3n) is 11.1. The molecular formula is C38H38F3N11O4S. The molecule has 296 valence electrons. The largest absolute Gasteiger partial charge is 0.378 e. The van der Waals surface area contributed by atoms with Crippen LogP contribution in [0.4, 0.5) is 24.8 Å². The van der Waals surface area contributed by atoms with Crippen molar-refractivity contribution in [1.29, 1.82) is 0 Å². The van der Waals surface area contributed by atoms with Gasteiger partial charge in [-0.15, -0.1) is 0 Å². The van der Waals surface area contributed by atoms with Crippen molar-refractivity contribution in [3.63, 3.8) is 0 Å². The van der Waals surface area contributed by atoms with E-state index in [1.165, 1.54) is 33.4 Å². The zero-order chi connectivity index (χ0) is 39.9. The molecule has 4 aromatic heterocycles. The molecule has 2 saturated heterocycles. The Bertz CT molecular complexity index is 2700. The fourth-order valence-electron chi connectivity index (χ4n) is 8.12. The Kier molecular flexibility index (Phi) is 8.93. The highest BCUT2D eigenvalue weighted by molar-refractivity contribution is 7.88. The number of aromatic nitrogens is 7. The van der Waals surface area contributed by atoms with E-state index in [4.69, 9.17) is 19.7 Å². The Morgan fingerprint density at radius 1 is 0.930 bits per heavy atom. The van der Waals surface area contributed by atoms with Crippen molar-refractivity contribution in [2.24, 2.45) is 0 Å². The number of halogens is 3. The molecule has 3 aliphatic rings. The summed E-state index contributed by atoms with van der Waals surface area (Å²) in [5, 5.41) is 8.36. The summed E-state index contributed by atoms with van der Waals surface area (Å²) in [5.74, 6) is -0.887. The van der Waals surface area contributed by atoms with Crippen LogP contribution in [0.5, 0.6) is 0 Å². The van der Waals surface area contributed by atoms with E-state index in [-0.39, 0.29) is 49.5 Å². The molecule has 2 aromatic carbocycles. The van der Waals surface area contributed by atoms with Gasteiger partial charge < -0.3 is 24.4 Å². The number of anilines is 2. The minimum absolute atomic E-state index is 0.0495. The number of benzene rings is 2. The number of nitrogens with zero attached hydrogens (tertiary/aromatic N) is 10. The molecule has 0 unspecified atom stereocenters. The second-order valence-electron chi connectivity index (χ2n) is 14.9. The van der Waals surface area contributed by atoms with Crippen LogP contribution >= 0.6 is 0 Å². The van der Waals surface area contributed by atoms with Crippen LogP contribution in [0.1, 0.15) is 24.0 Å². The molecule has 1 N–H and O–H groups in total. The van der Waals surface area contributed by atoms with E-state index in [0.717, 1.165) is 18.4 Å². The number of fused-ring (bicyclic) bond motifs is 6. The number of aryl methyl sites for hydroxylation is 1. The maximum atomic E-state index is 15.2. The minimum atomic E-state index is -3.47. The van der Waals surface area contributed by atoms with Gasteiger partial charge in [-0.05, 0) is 43.7 Å². The molecule has 9 rings (SSSR count). The summed E-state index contributed by atoms with van der Waals surface area (Å²) in [6.07, 6.45) is 2.45. The van der Waals surface area contributed by atoms with Crippen molar-refractivity contribution in [2.75, 3.05) is 56.8 Å². The van der Waals surface area contributed by atoms with Crippen LogP contribution in [0.25, 0.3) is 39.0 Å². The molecule has 1 amide bonds. The van der Waals surface area contributed by atoms with Gasteiger partial charge in [0.05, 0.1) is 47.2 Å². The predicted octanol–water partition coefficient (Wildman–Crippen LogP) is 3.86. The van der Waals surface area contributed by atoms with Gasteiger partial charge in [-0.2, -0.15) is 5.10 Å². The van der Waals surface area contributed by atoms with E-state index in [1.807, 2.05) is 28.5 Å². The number of methoxy groups -OCH3 is 1. The van der Waals surface area contributed by atoms with Crippen molar-refractivity contribution in [3.05, 3.63) is 83.8 Å². The normalized spacial score (nSPS) is 20.8. The van der Waals surface area contributed by atoms with Gasteiger partial charge >= 0.3 is 0 Å². The van der Waals surface area contributed by atoms with E-state index in [9.17, 15) is 17.6 Å². The van der Waals surface area contributed by atoms with Gasteiger partial charge in [-0.1, -0.05) is 6.07 Å². The quantitative estimate of drug-likeness (QED) is 0.270. The van der Waals surface area contributed by atoms with Crippen LogP contribution < -0.4 is 10.2 Å². The molecule has 7 heterocycles. The number of likely N-dealkylation sites (N-methyl/N-ethyl adjacent to an activating group) is 1. The summed E-state index contributed by atoms with van der Waals surface area (Å²) < 4.78 is 79.4. The molecule has 6 aromatic rings. The Morgan fingerprint density at radius 2 is 1.74 bits per heavy atom. The summed E-state index contributed by atoms with van der Waals surface area (Å²) in [6, 6.07) is 10.3. The lowest BCUT2D eigenvalue weighted by Crippen LogP contribution is -2.49. The number of sulfonamides is 1. The number of hydrogen-bond donors (Lipinski definition) is 1. The Labute approximate surface area is 325 Å². The number of carbonyl (C=O) groups excluding carboxylic acids is 1. The molecule has 0 radical (unpaired) electrons. The number of ether oxygens (including phenoxy) is 1. The number of pyridine rings is 1. The van der Waals surface area contributed by atoms with Crippen LogP contribution in [0.2, 0.25) is 0 Å². The van der Waals surface area contributed by atoms with Gasteiger partial charge in [0.2, 0.25) is 15.9 Å². The molecule has 3 atom stereocenters. The molecule has 4 bridgehead atoms. The first-order chi connectivity index (χ1) is 27.2. The van der Waals surface area contributed by atoms with Crippen molar-refractivity contribution in [2.45, 2.75) is 44.0 Å². The molecule has 0 saturated carbocycles. The lowest BCUT2D eigenvalue weighted by molar-refractivity contribution is -0.132. The molecule has 15 nitrogen and oxygen atoms in total. The predicted molar refractivity (Wildman–Crippen MR) is 205 cm³/mol. The first kappa shape index (κ1) is 36.9. The Hall–Kier alpha value is -5.66. The van der Waals surface area contributed by atoms with Crippen LogP contribution in [0.3, 0.4) is 0 Å². The molecule has 19 heteroatoms. The van der Waals surface area contributed by atoms with Gasteiger partial charge in [0.15, 0.2) is 11.5 Å². The van der Waals surface area contributed by atoms with Crippen LogP contribution in [0, 0.1) is 24.4 Å². The van der Waals surface area contributed by atoms with Crippen molar-refractivity contribution in [3.8, 4) is 16.9 Å². The van der Waals surface area contributed by atoms with Gasteiger partial charge in [0.25, 0.3) is 0 Å². The maximum absolute atomic E-state index is 15.2. The summed E-state index contributed by atoms with van der Waals surface area (Å²) in [4.78, 5) is 37.5. The number of imidazole rings is 1. The minimum Gasteiger partial charge on any atom is -0.378 e. The topological polar surface area (TPSA) is 156 Å².